The molecule has 0 aromatic heterocycles. The number of nitrogens with one attached hydrogen (secondary N) is 1. The molecule has 3 nitrogen and oxygen atoms in total. The van der Waals surface area contributed by atoms with Crippen molar-refractivity contribution < 1.29 is 4.79 Å². The highest BCUT2D eigenvalue weighted by Gasteiger charge is 1.91. The second-order valence-electron chi connectivity index (χ2n) is 4.00. The molecule has 0 aromatic carbocycles. The third-order valence-electron chi connectivity index (χ3n) is 2.08. The maximum atomic E-state index is 11.3. The molecule has 0 heterocycles. The zero-order valence-corrected chi connectivity index (χ0v) is 11.6. The summed E-state index contributed by atoms with van der Waals surface area (Å²) in [4.78, 5) is 11.3. The molecule has 0 bridgehead atoms. The maximum Gasteiger partial charge on any atom is 0.243 e. The SMILES string of the molecule is CCC/C=C/C(/C=C/C(=O)NCC)=C\C=C(/C)N. The third kappa shape index (κ3) is 9.46. The molecular formula is C15H24N2O. The Morgan fingerprint density at radius 1 is 1.17 bits per heavy atom. The normalized spacial score (nSPS) is 13.5. The van der Waals surface area contributed by atoms with Crippen LogP contribution in [0.4, 0.5) is 0 Å². The van der Waals surface area contributed by atoms with Gasteiger partial charge in [0.2, 0.25) is 5.91 Å². The number of amides is 1. The molecule has 0 aliphatic heterocycles. The highest BCUT2D eigenvalue weighted by Crippen LogP contribution is 2.03. The molecule has 0 aliphatic carbocycles. The predicted octanol–water partition coefficient (Wildman–Crippen LogP) is 2.82. The number of unbranched alkanes of at least 4 members (excludes halogenated alkanes) is 1. The van der Waals surface area contributed by atoms with Gasteiger partial charge in [-0.05, 0) is 38.0 Å². The Morgan fingerprint density at radius 3 is 2.44 bits per heavy atom. The molecule has 0 radical (unpaired) electrons. The molecule has 3 N–H and O–H groups in total. The van der Waals surface area contributed by atoms with Crippen LogP contribution in [0, 0.1) is 0 Å². The van der Waals surface area contributed by atoms with E-state index in [4.69, 9.17) is 5.73 Å². The van der Waals surface area contributed by atoms with Crippen LogP contribution < -0.4 is 11.1 Å². The first-order valence-electron chi connectivity index (χ1n) is 6.36. The molecule has 1 amide bonds. The Balaban J connectivity index is 4.72. The topological polar surface area (TPSA) is 55.1 Å². The van der Waals surface area contributed by atoms with E-state index in [1.54, 1.807) is 6.08 Å². The number of hydrogen-bond acceptors (Lipinski definition) is 2. The van der Waals surface area contributed by atoms with Crippen molar-refractivity contribution in [3.63, 3.8) is 0 Å². The van der Waals surface area contributed by atoms with Crippen molar-refractivity contribution in [3.05, 3.63) is 47.7 Å². The Bertz CT molecular complexity index is 359. The van der Waals surface area contributed by atoms with Gasteiger partial charge in [0.25, 0.3) is 0 Å². The molecular weight excluding hydrogens is 224 g/mol. The van der Waals surface area contributed by atoms with Crippen LogP contribution in [0.5, 0.6) is 0 Å². The number of carbonyl (C=O) groups is 1. The summed E-state index contributed by atoms with van der Waals surface area (Å²) in [6, 6.07) is 0. The predicted molar refractivity (Wildman–Crippen MR) is 77.9 cm³/mol. The Labute approximate surface area is 110 Å². The fourth-order valence-electron chi connectivity index (χ4n) is 1.19. The average molecular weight is 248 g/mol. The fourth-order valence-corrected chi connectivity index (χ4v) is 1.19. The van der Waals surface area contributed by atoms with Crippen LogP contribution in [0.3, 0.4) is 0 Å². The summed E-state index contributed by atoms with van der Waals surface area (Å²) in [6.07, 6.45) is 13.3. The quantitative estimate of drug-likeness (QED) is 0.537. The molecule has 0 aliphatic rings. The van der Waals surface area contributed by atoms with Gasteiger partial charge in [-0.15, -0.1) is 0 Å². The highest BCUT2D eigenvalue weighted by atomic mass is 16.1. The van der Waals surface area contributed by atoms with Crippen LogP contribution in [0.2, 0.25) is 0 Å². The lowest BCUT2D eigenvalue weighted by Crippen LogP contribution is -2.19. The van der Waals surface area contributed by atoms with Gasteiger partial charge in [0.05, 0.1) is 0 Å². The molecule has 0 spiro atoms. The molecule has 0 fully saturated rings. The van der Waals surface area contributed by atoms with Crippen LogP contribution in [0.1, 0.15) is 33.6 Å². The minimum Gasteiger partial charge on any atom is -0.402 e. The second kappa shape index (κ2) is 10.4. The van der Waals surface area contributed by atoms with Crippen molar-refractivity contribution in [1.29, 1.82) is 0 Å². The lowest BCUT2D eigenvalue weighted by molar-refractivity contribution is -0.116. The fraction of sp³-hybridized carbons (Fsp3) is 0.400. The van der Waals surface area contributed by atoms with E-state index in [9.17, 15) is 4.79 Å². The summed E-state index contributed by atoms with van der Waals surface area (Å²) in [7, 11) is 0. The lowest BCUT2D eigenvalue weighted by atomic mass is 10.1. The summed E-state index contributed by atoms with van der Waals surface area (Å²) in [5, 5.41) is 2.72. The van der Waals surface area contributed by atoms with E-state index < -0.39 is 0 Å². The zero-order chi connectivity index (χ0) is 13.8. The van der Waals surface area contributed by atoms with Crippen LogP contribution in [0.15, 0.2) is 47.7 Å². The van der Waals surface area contributed by atoms with Crippen molar-refractivity contribution >= 4 is 5.91 Å². The minimum absolute atomic E-state index is 0.0826. The van der Waals surface area contributed by atoms with Crippen LogP contribution in [-0.4, -0.2) is 12.5 Å². The van der Waals surface area contributed by atoms with E-state index in [0.29, 0.717) is 6.54 Å². The molecule has 0 atom stereocenters. The number of nitrogens with two attached hydrogens (primary N) is 1. The lowest BCUT2D eigenvalue weighted by Gasteiger charge is -1.96. The van der Waals surface area contributed by atoms with Gasteiger partial charge in [0.15, 0.2) is 0 Å². The third-order valence-corrected chi connectivity index (χ3v) is 2.08. The van der Waals surface area contributed by atoms with E-state index in [0.717, 1.165) is 24.1 Å². The van der Waals surface area contributed by atoms with Crippen molar-refractivity contribution in [2.45, 2.75) is 33.6 Å². The number of rotatable bonds is 7. The van der Waals surface area contributed by atoms with Crippen molar-refractivity contribution in [1.82, 2.24) is 5.32 Å². The molecule has 0 unspecified atom stereocenters. The molecule has 0 rings (SSSR count). The van der Waals surface area contributed by atoms with Gasteiger partial charge >= 0.3 is 0 Å². The van der Waals surface area contributed by atoms with E-state index >= 15 is 0 Å². The van der Waals surface area contributed by atoms with Crippen molar-refractivity contribution in [2.24, 2.45) is 5.73 Å². The number of hydrogen-bond donors (Lipinski definition) is 2. The van der Waals surface area contributed by atoms with E-state index in [-0.39, 0.29) is 5.91 Å². The first-order chi connectivity index (χ1) is 8.60. The summed E-state index contributed by atoms with van der Waals surface area (Å²) >= 11 is 0. The van der Waals surface area contributed by atoms with Crippen molar-refractivity contribution in [3.8, 4) is 0 Å². The largest absolute Gasteiger partial charge is 0.402 e. The van der Waals surface area contributed by atoms with Gasteiger partial charge in [-0.25, -0.2) is 0 Å². The average Bonchev–Trinajstić information content (AvgIpc) is 2.32. The molecule has 3 heteroatoms. The van der Waals surface area contributed by atoms with Gasteiger partial charge in [0.1, 0.15) is 0 Å². The Kier molecular flexibility index (Phi) is 9.37. The molecule has 18 heavy (non-hydrogen) atoms. The summed E-state index contributed by atoms with van der Waals surface area (Å²) in [5.41, 5.74) is 7.28. The number of allylic oxidation sites excluding steroid dienone is 7. The number of carbonyl (C=O) groups excluding carboxylic acids is 1. The Morgan fingerprint density at radius 2 is 1.89 bits per heavy atom. The second-order valence-corrected chi connectivity index (χ2v) is 4.00. The van der Waals surface area contributed by atoms with E-state index in [2.05, 4.69) is 18.3 Å². The highest BCUT2D eigenvalue weighted by molar-refractivity contribution is 5.88. The first-order valence-corrected chi connectivity index (χ1v) is 6.36. The van der Waals surface area contributed by atoms with Gasteiger partial charge in [-0.3, -0.25) is 4.79 Å². The summed E-state index contributed by atoms with van der Waals surface area (Å²) in [6.45, 7) is 6.49. The van der Waals surface area contributed by atoms with Gasteiger partial charge in [0, 0.05) is 18.3 Å². The van der Waals surface area contributed by atoms with E-state index in [1.165, 1.54) is 6.08 Å². The smallest absolute Gasteiger partial charge is 0.243 e. The van der Waals surface area contributed by atoms with Crippen molar-refractivity contribution in [2.75, 3.05) is 6.54 Å². The standard InChI is InChI=1S/C15H24N2O/c1-4-6-7-8-14(10-9-13(3)16)11-12-15(18)17-5-2/h7-12H,4-6,16H2,1-3H3,(H,17,18)/b8-7+,12-11+,13-9+,14-10+. The monoisotopic (exact) mass is 248 g/mol. The van der Waals surface area contributed by atoms with Crippen LogP contribution in [0.25, 0.3) is 0 Å². The van der Waals surface area contributed by atoms with Gasteiger partial charge in [-0.1, -0.05) is 31.6 Å². The van der Waals surface area contributed by atoms with E-state index in [1.807, 2.05) is 32.1 Å². The van der Waals surface area contributed by atoms with Crippen LogP contribution >= 0.6 is 0 Å². The molecule has 0 aromatic rings. The first kappa shape index (κ1) is 16.2. The number of likely N-dealkylation sites (N-methyl/N-ethyl adjacent to an activating group) is 1. The molecule has 0 saturated heterocycles. The maximum absolute atomic E-state index is 11.3. The van der Waals surface area contributed by atoms with Gasteiger partial charge < -0.3 is 11.1 Å². The summed E-state index contributed by atoms with van der Waals surface area (Å²) < 4.78 is 0. The van der Waals surface area contributed by atoms with Gasteiger partial charge in [-0.2, -0.15) is 0 Å². The van der Waals surface area contributed by atoms with Crippen LogP contribution in [-0.2, 0) is 4.79 Å². The molecule has 0 saturated carbocycles. The Hall–Kier alpha value is -1.77. The zero-order valence-electron chi connectivity index (χ0n) is 11.6. The summed E-state index contributed by atoms with van der Waals surface area (Å²) in [5.74, 6) is -0.0826. The molecule has 100 valence electrons. The minimum atomic E-state index is -0.0826.